The number of rotatable bonds is 13. The zero-order chi connectivity index (χ0) is 39.3. The molecule has 3 aromatic heterocycles. The van der Waals surface area contributed by atoms with Gasteiger partial charge in [0.25, 0.3) is 0 Å². The van der Waals surface area contributed by atoms with E-state index < -0.39 is 12.2 Å². The molecule has 7 rings (SSSR count). The van der Waals surface area contributed by atoms with Crippen LogP contribution < -0.4 is 16.0 Å². The number of ether oxygens (including phenoxy) is 1. The molecule has 2 saturated heterocycles. The Labute approximate surface area is 325 Å². The lowest BCUT2D eigenvalue weighted by molar-refractivity contribution is -0.142. The molecule has 0 aromatic carbocycles. The summed E-state index contributed by atoms with van der Waals surface area (Å²) in [4.78, 5) is 44.8. The van der Waals surface area contributed by atoms with Crippen LogP contribution in [0.3, 0.4) is 0 Å². The first-order chi connectivity index (χ1) is 26.4. The molecule has 6 heterocycles. The third kappa shape index (κ3) is 7.17. The highest BCUT2D eigenvalue weighted by atomic mass is 17.5. The Morgan fingerprint density at radius 3 is 2.44 bits per heavy atom. The first-order valence-corrected chi connectivity index (χ1v) is 20.2. The quantitative estimate of drug-likeness (QED) is 0.0463. The number of carbonyl (C=O) groups is 2. The normalized spacial score (nSPS) is 25.8. The summed E-state index contributed by atoms with van der Waals surface area (Å²) in [5.41, 5.74) is 14.1. The maximum atomic E-state index is 14.5. The van der Waals surface area contributed by atoms with Gasteiger partial charge in [-0.3, -0.25) is 9.59 Å². The lowest BCUT2D eigenvalue weighted by Crippen LogP contribution is -2.22. The molecule has 3 aliphatic heterocycles. The Kier molecular flexibility index (Phi) is 10.9. The number of ketones is 1. The van der Waals surface area contributed by atoms with Crippen LogP contribution in [0.4, 0.5) is 0 Å². The Balaban J connectivity index is 1.30. The number of fused-ring (bicyclic) bond motifs is 7. The van der Waals surface area contributed by atoms with Crippen molar-refractivity contribution in [3.63, 3.8) is 0 Å². The molecule has 0 radical (unpaired) electrons. The first-order valence-electron chi connectivity index (χ1n) is 20.2. The molecule has 0 spiro atoms. The SMILES string of the molecule is C=Cc1c2[nH]c(c1C)/C=C1\N/C(=C3\c4[nH]c(c(C)c4C(=O)[C@@H]3C3O[O+]3C)/C=c3\[nH]/c(c(C)c3CC)=C\2)[C@@H](CCC(=O)OC/C=C(\C)CCC[C@H](C)CC)[C@@H]1C. The van der Waals surface area contributed by atoms with E-state index in [0.29, 0.717) is 12.0 Å². The van der Waals surface area contributed by atoms with Gasteiger partial charge in [-0.25, -0.2) is 4.52 Å². The van der Waals surface area contributed by atoms with Crippen molar-refractivity contribution in [1.82, 2.24) is 20.3 Å². The second-order valence-electron chi connectivity index (χ2n) is 16.2. The second kappa shape index (κ2) is 15.5. The molecule has 4 aliphatic rings. The molecule has 55 heavy (non-hydrogen) atoms. The minimum absolute atomic E-state index is 0.0215. The minimum atomic E-state index is -0.536. The van der Waals surface area contributed by atoms with Gasteiger partial charge in [0.05, 0.1) is 5.69 Å². The van der Waals surface area contributed by atoms with Crippen LogP contribution in [0.25, 0.3) is 29.9 Å². The van der Waals surface area contributed by atoms with E-state index in [0.717, 1.165) is 92.3 Å². The molecule has 1 unspecified atom stereocenters. The van der Waals surface area contributed by atoms with Crippen molar-refractivity contribution >= 4 is 41.6 Å². The van der Waals surface area contributed by atoms with Gasteiger partial charge >= 0.3 is 12.3 Å². The van der Waals surface area contributed by atoms with Crippen molar-refractivity contribution < 1.29 is 23.7 Å². The van der Waals surface area contributed by atoms with Gasteiger partial charge in [0, 0.05) is 74.1 Å². The zero-order valence-corrected chi connectivity index (χ0v) is 34.2. The van der Waals surface area contributed by atoms with Gasteiger partial charge in [-0.1, -0.05) is 58.8 Å². The molecule has 9 heteroatoms. The van der Waals surface area contributed by atoms with Crippen molar-refractivity contribution in [3.8, 4) is 0 Å². The van der Waals surface area contributed by atoms with Crippen LogP contribution in [0.5, 0.6) is 0 Å². The average Bonchev–Trinajstić information content (AvgIpc) is 3.38. The van der Waals surface area contributed by atoms with E-state index in [4.69, 9.17) is 9.62 Å². The molecule has 0 amide bonds. The van der Waals surface area contributed by atoms with E-state index in [-0.39, 0.29) is 36.6 Å². The smallest absolute Gasteiger partial charge is 0.384 e. The number of allylic oxidation sites excluding steroid dienone is 3. The third-order valence-corrected chi connectivity index (χ3v) is 12.8. The number of hydrogen-bond acceptors (Lipinski definition) is 5. The van der Waals surface area contributed by atoms with Gasteiger partial charge in [-0.15, -0.1) is 0 Å². The van der Waals surface area contributed by atoms with Crippen LogP contribution in [0.15, 0.2) is 29.6 Å². The fraction of sp³-hybridized carbons (Fsp3) is 0.478. The monoisotopic (exact) mass is 747 g/mol. The molecule has 5 atom stereocenters. The summed E-state index contributed by atoms with van der Waals surface area (Å²) in [5.74, 6) is -0.0296. The van der Waals surface area contributed by atoms with Gasteiger partial charge in [-0.2, -0.15) is 0 Å². The molecular weight excluding hydrogens is 689 g/mol. The molecule has 292 valence electrons. The largest absolute Gasteiger partial charge is 0.461 e. The number of hydrogen-bond donors (Lipinski definition) is 4. The van der Waals surface area contributed by atoms with Crippen molar-refractivity contribution in [3.05, 3.63) is 96.5 Å². The maximum absolute atomic E-state index is 14.5. The van der Waals surface area contributed by atoms with E-state index in [1.807, 2.05) is 19.1 Å². The van der Waals surface area contributed by atoms with E-state index >= 15 is 0 Å². The molecule has 3 aromatic rings. The van der Waals surface area contributed by atoms with E-state index in [1.165, 1.54) is 29.5 Å². The zero-order valence-electron chi connectivity index (χ0n) is 34.2. The first kappa shape index (κ1) is 38.7. The van der Waals surface area contributed by atoms with Crippen molar-refractivity contribution in [2.24, 2.45) is 23.7 Å². The maximum Gasteiger partial charge on any atom is 0.384 e. The second-order valence-corrected chi connectivity index (χ2v) is 16.2. The van der Waals surface area contributed by atoms with Crippen LogP contribution in [0.2, 0.25) is 0 Å². The highest BCUT2D eigenvalue weighted by Gasteiger charge is 2.62. The fourth-order valence-electron chi connectivity index (χ4n) is 8.98. The van der Waals surface area contributed by atoms with Crippen LogP contribution in [0, 0.1) is 44.4 Å². The van der Waals surface area contributed by atoms with E-state index in [1.54, 1.807) is 7.11 Å². The van der Waals surface area contributed by atoms with Crippen LogP contribution >= 0.6 is 0 Å². The summed E-state index contributed by atoms with van der Waals surface area (Å²) in [7, 11) is 1.79. The summed E-state index contributed by atoms with van der Waals surface area (Å²) >= 11 is 0. The van der Waals surface area contributed by atoms with Gasteiger partial charge in [-0.05, 0) is 111 Å². The van der Waals surface area contributed by atoms with E-state index in [9.17, 15) is 9.59 Å². The lowest BCUT2D eigenvalue weighted by Gasteiger charge is -2.18. The number of aromatic nitrogens is 3. The Morgan fingerprint density at radius 1 is 1.02 bits per heavy atom. The predicted octanol–water partition coefficient (Wildman–Crippen LogP) is 8.13. The predicted molar refractivity (Wildman–Crippen MR) is 220 cm³/mol. The fourth-order valence-corrected chi connectivity index (χ4v) is 8.98. The molecule has 0 saturated carbocycles. The topological polar surface area (TPSA) is 118 Å². The third-order valence-electron chi connectivity index (χ3n) is 12.8. The Bertz CT molecular complexity index is 2260. The Hall–Kier alpha value is -4.60. The van der Waals surface area contributed by atoms with Gasteiger partial charge in [0.1, 0.15) is 6.61 Å². The summed E-state index contributed by atoms with van der Waals surface area (Å²) in [5, 5.41) is 5.88. The Morgan fingerprint density at radius 2 is 1.75 bits per heavy atom. The molecule has 1 aliphatic carbocycles. The number of Topliss-reactive ketones (excluding diaryl/α,β-unsaturated/α-hetero) is 1. The number of aromatic amines is 3. The summed E-state index contributed by atoms with van der Waals surface area (Å²) in [6.45, 7) is 21.8. The van der Waals surface area contributed by atoms with Crippen LogP contribution in [0.1, 0.15) is 134 Å². The van der Waals surface area contributed by atoms with Crippen molar-refractivity contribution in [1.29, 1.82) is 0 Å². The van der Waals surface area contributed by atoms with Crippen molar-refractivity contribution in [2.75, 3.05) is 13.7 Å². The highest BCUT2D eigenvalue weighted by Crippen LogP contribution is 2.52. The molecule has 2 fully saturated rings. The average molecular weight is 748 g/mol. The molecule has 9 nitrogen and oxygen atoms in total. The van der Waals surface area contributed by atoms with Gasteiger partial charge < -0.3 is 25.0 Å². The van der Waals surface area contributed by atoms with Gasteiger partial charge in [0.15, 0.2) is 18.8 Å². The summed E-state index contributed by atoms with van der Waals surface area (Å²) in [6.07, 6.45) is 16.3. The van der Waals surface area contributed by atoms with Crippen LogP contribution in [-0.2, 0) is 25.4 Å². The standard InChI is InChI=1S/C46H58N4O5/c1-11-24(4)15-14-16-25(5)19-20-53-39(51)18-17-32-28(8)35-21-33-26(6)30(12-2)37(47-33)22-34-27(7)31(13-3)38(48-34)23-36-29(9)40-44(50-36)41(43(32)49-35)42(45(40)52)46-54-55(46)10/h12,19,21-24,28,32,42,46-48H,2,11,13-18,20H2,1,3-10H3,(H-,49,50,52)/p+1/b25-19+,34-22-,35-21-,38-23-/t24-,28+,32+,42-,46?/m1/s1. The van der Waals surface area contributed by atoms with Crippen molar-refractivity contribution in [2.45, 2.75) is 107 Å². The lowest BCUT2D eigenvalue weighted by atomic mass is 9.85. The number of nitrogens with one attached hydrogen (secondary N) is 4. The van der Waals surface area contributed by atoms with E-state index in [2.05, 4.69) is 98.1 Å². The number of H-pyrrole nitrogens is 3. The molecule has 8 bridgehead atoms. The number of carbonyl (C=O) groups excluding carboxylic acids is 2. The van der Waals surface area contributed by atoms with Crippen LogP contribution in [-0.4, -0.2) is 46.7 Å². The summed E-state index contributed by atoms with van der Waals surface area (Å²) in [6, 6.07) is 0. The minimum Gasteiger partial charge on any atom is -0.461 e. The highest BCUT2D eigenvalue weighted by molar-refractivity contribution is 6.16. The number of esters is 1. The van der Waals surface area contributed by atoms with Gasteiger partial charge in [0.2, 0.25) is 0 Å². The molecular formula is C46H59N4O5+. The molecule has 4 N–H and O–H groups in total. The summed E-state index contributed by atoms with van der Waals surface area (Å²) < 4.78 is 8.41.